The van der Waals surface area contributed by atoms with Crippen molar-refractivity contribution in [2.45, 2.75) is 19.4 Å². The van der Waals surface area contributed by atoms with Crippen molar-refractivity contribution < 1.29 is 9.59 Å². The third kappa shape index (κ3) is 4.04. The van der Waals surface area contributed by atoms with E-state index >= 15 is 0 Å². The second kappa shape index (κ2) is 8.78. The van der Waals surface area contributed by atoms with Crippen LogP contribution in [0, 0.1) is 6.92 Å². The standard InChI is InChI=1S/C27H27ClN4O2/c1-16-12-21(27(34)32-11-10-19(15-32)31(2)3)24(29-16)14-22-25-20(17-6-4-7-18(28)13-17)8-5-9-23(25)30-26(22)33/h4-9,12-14,19,29H,10-11,15H2,1-3H3,(H,30,33)/t19-/m1/s1. The average Bonchev–Trinajstić information content (AvgIpc) is 3.51. The van der Waals surface area contributed by atoms with Gasteiger partial charge in [0.1, 0.15) is 0 Å². The highest BCUT2D eigenvalue weighted by atomic mass is 35.5. The van der Waals surface area contributed by atoms with Crippen LogP contribution in [0.5, 0.6) is 0 Å². The summed E-state index contributed by atoms with van der Waals surface area (Å²) in [5.74, 6) is -0.203. The molecule has 6 nitrogen and oxygen atoms in total. The maximum atomic E-state index is 13.4. The molecule has 1 aromatic heterocycles. The largest absolute Gasteiger partial charge is 0.358 e. The molecule has 34 heavy (non-hydrogen) atoms. The van der Waals surface area contributed by atoms with Gasteiger partial charge in [0.15, 0.2) is 0 Å². The summed E-state index contributed by atoms with van der Waals surface area (Å²) in [6, 6.07) is 15.6. The maximum Gasteiger partial charge on any atom is 0.256 e. The first-order valence-corrected chi connectivity index (χ1v) is 11.8. The molecular weight excluding hydrogens is 448 g/mol. The number of fused-ring (bicyclic) bond motifs is 1. The van der Waals surface area contributed by atoms with Crippen LogP contribution in [0.1, 0.15) is 33.7 Å². The average molecular weight is 475 g/mol. The Kier molecular flexibility index (Phi) is 5.80. The molecule has 0 aliphatic carbocycles. The minimum Gasteiger partial charge on any atom is -0.358 e. The molecule has 3 aromatic rings. The normalized spacial score (nSPS) is 18.6. The molecular formula is C27H27ClN4O2. The summed E-state index contributed by atoms with van der Waals surface area (Å²) < 4.78 is 0. The van der Waals surface area contributed by atoms with Crippen molar-refractivity contribution in [2.24, 2.45) is 0 Å². The van der Waals surface area contributed by atoms with E-state index in [1.807, 2.05) is 74.4 Å². The second-order valence-corrected chi connectivity index (χ2v) is 9.62. The van der Waals surface area contributed by atoms with Crippen LogP contribution in [-0.4, -0.2) is 59.8 Å². The van der Waals surface area contributed by atoms with Crippen molar-refractivity contribution in [1.29, 1.82) is 0 Å². The van der Waals surface area contributed by atoms with Gasteiger partial charge in [0.2, 0.25) is 0 Å². The number of likely N-dealkylation sites (tertiary alicyclic amines) is 1. The van der Waals surface area contributed by atoms with Gasteiger partial charge in [-0.2, -0.15) is 0 Å². The first-order chi connectivity index (χ1) is 16.3. The Morgan fingerprint density at radius 3 is 2.71 bits per heavy atom. The Morgan fingerprint density at radius 1 is 1.18 bits per heavy atom. The van der Waals surface area contributed by atoms with Crippen molar-refractivity contribution in [2.75, 3.05) is 32.5 Å². The van der Waals surface area contributed by atoms with Crippen molar-refractivity contribution in [3.05, 3.63) is 76.1 Å². The number of carbonyl (C=O) groups excluding carboxylic acids is 2. The number of likely N-dealkylation sites (N-methyl/N-ethyl adjacent to an activating group) is 1. The molecule has 1 fully saturated rings. The van der Waals surface area contributed by atoms with Crippen LogP contribution in [0.4, 0.5) is 5.69 Å². The van der Waals surface area contributed by atoms with Gasteiger partial charge in [-0.3, -0.25) is 9.59 Å². The van der Waals surface area contributed by atoms with Crippen LogP contribution >= 0.6 is 11.6 Å². The molecule has 1 atom stereocenters. The van der Waals surface area contributed by atoms with Gasteiger partial charge in [0, 0.05) is 41.1 Å². The predicted octanol–water partition coefficient (Wildman–Crippen LogP) is 4.91. The minimum absolute atomic E-state index is 0.0118. The summed E-state index contributed by atoms with van der Waals surface area (Å²) in [5.41, 5.74) is 6.04. The molecule has 0 spiro atoms. The van der Waals surface area contributed by atoms with Crippen LogP contribution in [0.3, 0.4) is 0 Å². The monoisotopic (exact) mass is 474 g/mol. The highest BCUT2D eigenvalue weighted by Crippen LogP contribution is 2.41. The molecule has 1 saturated heterocycles. The minimum atomic E-state index is -0.191. The lowest BCUT2D eigenvalue weighted by molar-refractivity contribution is -0.110. The van der Waals surface area contributed by atoms with Gasteiger partial charge in [-0.15, -0.1) is 0 Å². The Morgan fingerprint density at radius 2 is 1.97 bits per heavy atom. The van der Waals surface area contributed by atoms with Gasteiger partial charge in [-0.05, 0) is 68.9 Å². The van der Waals surface area contributed by atoms with E-state index in [2.05, 4.69) is 15.2 Å². The molecule has 0 radical (unpaired) electrons. The smallest absolute Gasteiger partial charge is 0.256 e. The Bertz CT molecular complexity index is 1320. The summed E-state index contributed by atoms with van der Waals surface area (Å²) in [6.45, 7) is 3.35. The molecule has 2 N–H and O–H groups in total. The fraction of sp³-hybridized carbons (Fsp3) is 0.259. The zero-order valence-electron chi connectivity index (χ0n) is 19.5. The lowest BCUT2D eigenvalue weighted by atomic mass is 9.94. The number of aryl methyl sites for hydroxylation is 1. The lowest BCUT2D eigenvalue weighted by Gasteiger charge is -2.20. The summed E-state index contributed by atoms with van der Waals surface area (Å²) in [6.07, 6.45) is 2.76. The molecule has 5 rings (SSSR count). The van der Waals surface area contributed by atoms with Crippen LogP contribution in [-0.2, 0) is 4.79 Å². The van der Waals surface area contributed by atoms with Gasteiger partial charge in [-0.1, -0.05) is 35.9 Å². The number of benzene rings is 2. The van der Waals surface area contributed by atoms with Crippen molar-refractivity contribution in [3.8, 4) is 11.1 Å². The zero-order valence-corrected chi connectivity index (χ0v) is 20.2. The molecule has 7 heteroatoms. The van der Waals surface area contributed by atoms with Crippen LogP contribution in [0.15, 0.2) is 48.5 Å². The van der Waals surface area contributed by atoms with Crippen molar-refractivity contribution >= 4 is 40.8 Å². The van der Waals surface area contributed by atoms with Gasteiger partial charge in [0.05, 0.1) is 16.8 Å². The predicted molar refractivity (Wildman–Crippen MR) is 137 cm³/mol. The van der Waals surface area contributed by atoms with Gasteiger partial charge in [-0.25, -0.2) is 0 Å². The fourth-order valence-corrected chi connectivity index (χ4v) is 5.04. The number of amides is 2. The SMILES string of the molecule is Cc1cc(C(=O)N2CC[C@@H](N(C)C)C2)c(C=C2C(=O)Nc3cccc(-c4cccc(Cl)c4)c32)[nH]1. The van der Waals surface area contributed by atoms with Crippen LogP contribution < -0.4 is 5.32 Å². The molecule has 2 amide bonds. The van der Waals surface area contributed by atoms with Crippen LogP contribution in [0.25, 0.3) is 22.8 Å². The number of hydrogen-bond donors (Lipinski definition) is 2. The number of aromatic amines is 1. The number of nitrogens with one attached hydrogen (secondary N) is 2. The van der Waals surface area contributed by atoms with Gasteiger partial charge in [0.25, 0.3) is 11.8 Å². The van der Waals surface area contributed by atoms with E-state index in [-0.39, 0.29) is 11.8 Å². The maximum absolute atomic E-state index is 13.4. The Balaban J connectivity index is 1.56. The van der Waals surface area contributed by atoms with Crippen LogP contribution in [0.2, 0.25) is 5.02 Å². The lowest BCUT2D eigenvalue weighted by Crippen LogP contribution is -2.34. The molecule has 0 unspecified atom stereocenters. The first kappa shape index (κ1) is 22.4. The molecule has 0 bridgehead atoms. The van der Waals surface area contributed by atoms with E-state index < -0.39 is 0 Å². The fourth-order valence-electron chi connectivity index (χ4n) is 4.85. The highest BCUT2D eigenvalue weighted by Gasteiger charge is 2.31. The molecule has 174 valence electrons. The summed E-state index contributed by atoms with van der Waals surface area (Å²) in [7, 11) is 4.09. The quantitative estimate of drug-likeness (QED) is 0.528. The zero-order chi connectivity index (χ0) is 24.0. The topological polar surface area (TPSA) is 68.4 Å². The molecule has 2 aliphatic rings. The first-order valence-electron chi connectivity index (χ1n) is 11.4. The van der Waals surface area contributed by atoms with E-state index in [4.69, 9.17) is 11.6 Å². The second-order valence-electron chi connectivity index (χ2n) is 9.19. The number of halogens is 1. The number of carbonyl (C=O) groups is 2. The molecule has 2 aliphatic heterocycles. The molecule has 2 aromatic carbocycles. The highest BCUT2D eigenvalue weighted by molar-refractivity contribution is 6.36. The van der Waals surface area contributed by atoms with Gasteiger partial charge < -0.3 is 20.1 Å². The Labute approximate surface area is 204 Å². The summed E-state index contributed by atoms with van der Waals surface area (Å²) in [5, 5.41) is 3.60. The summed E-state index contributed by atoms with van der Waals surface area (Å²) in [4.78, 5) is 33.8. The number of H-pyrrole nitrogens is 1. The third-order valence-corrected chi connectivity index (χ3v) is 6.88. The number of aromatic nitrogens is 1. The molecule has 3 heterocycles. The number of anilines is 1. The number of rotatable bonds is 4. The van der Waals surface area contributed by atoms with E-state index in [0.717, 1.165) is 41.0 Å². The summed E-state index contributed by atoms with van der Waals surface area (Å²) >= 11 is 6.24. The number of nitrogens with zero attached hydrogens (tertiary/aromatic N) is 2. The van der Waals surface area contributed by atoms with E-state index in [9.17, 15) is 9.59 Å². The van der Waals surface area contributed by atoms with Gasteiger partial charge >= 0.3 is 0 Å². The van der Waals surface area contributed by atoms with Crippen molar-refractivity contribution in [3.63, 3.8) is 0 Å². The van der Waals surface area contributed by atoms with E-state index in [1.165, 1.54) is 0 Å². The molecule has 0 saturated carbocycles. The Hall–Kier alpha value is -3.35. The third-order valence-electron chi connectivity index (χ3n) is 6.65. The number of hydrogen-bond acceptors (Lipinski definition) is 3. The van der Waals surface area contributed by atoms with E-state index in [0.29, 0.717) is 34.4 Å². The van der Waals surface area contributed by atoms with E-state index in [1.54, 1.807) is 6.08 Å². The van der Waals surface area contributed by atoms with Crippen molar-refractivity contribution in [1.82, 2.24) is 14.8 Å².